The highest BCUT2D eigenvalue weighted by Gasteiger charge is 2.19. The number of aromatic nitrogens is 3. The van der Waals surface area contributed by atoms with E-state index in [0.717, 1.165) is 16.0 Å². The standard InChI is InChI=1S/C20H16N4O2S/c1-12-17(19-22-11-16(18(21)25)20(26)24(19)23-12)13-7-9-15(10-8-13)27-14-5-3-2-4-6-14/h2-11,26H,1H3,(H2,21,25). The summed E-state index contributed by atoms with van der Waals surface area (Å²) in [5, 5.41) is 14.6. The van der Waals surface area contributed by atoms with E-state index >= 15 is 0 Å². The third kappa shape index (κ3) is 3.13. The fraction of sp³-hybridized carbons (Fsp3) is 0.0500. The monoisotopic (exact) mass is 376 g/mol. The maximum atomic E-state index is 11.4. The number of benzene rings is 2. The zero-order chi connectivity index (χ0) is 19.0. The number of carbonyl (C=O) groups excluding carboxylic acids is 1. The van der Waals surface area contributed by atoms with Crippen LogP contribution in [0.1, 0.15) is 16.1 Å². The molecule has 2 aromatic heterocycles. The van der Waals surface area contributed by atoms with E-state index in [2.05, 4.69) is 22.2 Å². The molecule has 0 fully saturated rings. The quantitative estimate of drug-likeness (QED) is 0.567. The largest absolute Gasteiger partial charge is 0.493 e. The lowest BCUT2D eigenvalue weighted by atomic mass is 10.1. The Morgan fingerprint density at radius 1 is 1.07 bits per heavy atom. The van der Waals surface area contributed by atoms with Crippen LogP contribution in [0.3, 0.4) is 0 Å². The van der Waals surface area contributed by atoms with Crippen molar-refractivity contribution >= 4 is 23.3 Å². The van der Waals surface area contributed by atoms with Gasteiger partial charge in [0.2, 0.25) is 5.88 Å². The first-order valence-corrected chi connectivity index (χ1v) is 9.06. The summed E-state index contributed by atoms with van der Waals surface area (Å²) in [6.07, 6.45) is 1.28. The Morgan fingerprint density at radius 3 is 2.41 bits per heavy atom. The molecule has 0 saturated carbocycles. The Labute approximate surface area is 159 Å². The van der Waals surface area contributed by atoms with Crippen LogP contribution in [0.25, 0.3) is 16.8 Å². The van der Waals surface area contributed by atoms with Crippen molar-refractivity contribution in [2.24, 2.45) is 5.73 Å². The van der Waals surface area contributed by atoms with Gasteiger partial charge in [0.25, 0.3) is 5.91 Å². The van der Waals surface area contributed by atoms with Crippen LogP contribution in [0, 0.1) is 6.92 Å². The van der Waals surface area contributed by atoms with Crippen LogP contribution in [-0.2, 0) is 0 Å². The minimum absolute atomic E-state index is 0.0637. The van der Waals surface area contributed by atoms with Gasteiger partial charge in [-0.25, -0.2) is 4.98 Å². The molecule has 0 aliphatic heterocycles. The van der Waals surface area contributed by atoms with Crippen molar-refractivity contribution in [3.8, 4) is 17.0 Å². The van der Waals surface area contributed by atoms with Crippen LogP contribution in [0.2, 0.25) is 0 Å². The minimum atomic E-state index is -0.751. The number of amides is 1. The van der Waals surface area contributed by atoms with Gasteiger partial charge < -0.3 is 10.8 Å². The Kier molecular flexibility index (Phi) is 4.29. The summed E-state index contributed by atoms with van der Waals surface area (Å²) in [6.45, 7) is 1.83. The number of hydrogen-bond acceptors (Lipinski definition) is 5. The summed E-state index contributed by atoms with van der Waals surface area (Å²) in [5.74, 6) is -1.06. The third-order valence-corrected chi connectivity index (χ3v) is 5.20. The summed E-state index contributed by atoms with van der Waals surface area (Å²) in [7, 11) is 0. The van der Waals surface area contributed by atoms with E-state index in [0.29, 0.717) is 11.3 Å². The zero-order valence-corrected chi connectivity index (χ0v) is 15.3. The van der Waals surface area contributed by atoms with Crippen LogP contribution < -0.4 is 5.73 Å². The molecule has 0 spiro atoms. The number of fused-ring (bicyclic) bond motifs is 1. The Bertz CT molecular complexity index is 1140. The van der Waals surface area contributed by atoms with E-state index in [4.69, 9.17) is 5.73 Å². The molecule has 0 atom stereocenters. The highest BCUT2D eigenvalue weighted by Crippen LogP contribution is 2.33. The van der Waals surface area contributed by atoms with Crippen molar-refractivity contribution in [1.82, 2.24) is 14.6 Å². The molecule has 6 nitrogen and oxygen atoms in total. The summed E-state index contributed by atoms with van der Waals surface area (Å²) in [6, 6.07) is 18.2. The van der Waals surface area contributed by atoms with Gasteiger partial charge in [-0.2, -0.15) is 9.61 Å². The molecule has 0 unspecified atom stereocenters. The molecule has 1 amide bonds. The number of rotatable bonds is 4. The molecule has 27 heavy (non-hydrogen) atoms. The second-order valence-electron chi connectivity index (χ2n) is 6.00. The van der Waals surface area contributed by atoms with Gasteiger partial charge in [-0.1, -0.05) is 42.1 Å². The Balaban J connectivity index is 1.73. The van der Waals surface area contributed by atoms with Crippen molar-refractivity contribution in [2.75, 3.05) is 0 Å². The van der Waals surface area contributed by atoms with E-state index < -0.39 is 5.91 Å². The van der Waals surface area contributed by atoms with Crippen LogP contribution in [-0.4, -0.2) is 25.6 Å². The van der Waals surface area contributed by atoms with Gasteiger partial charge in [0, 0.05) is 21.6 Å². The third-order valence-electron chi connectivity index (χ3n) is 4.18. The fourth-order valence-electron chi connectivity index (χ4n) is 2.91. The highest BCUT2D eigenvalue weighted by molar-refractivity contribution is 7.99. The van der Waals surface area contributed by atoms with Crippen LogP contribution in [0.15, 0.2) is 70.6 Å². The minimum Gasteiger partial charge on any atom is -0.493 e. The van der Waals surface area contributed by atoms with Gasteiger partial charge in [0.05, 0.1) is 5.69 Å². The summed E-state index contributed by atoms with van der Waals surface area (Å²) < 4.78 is 1.25. The SMILES string of the molecule is Cc1nn2c(O)c(C(N)=O)cnc2c1-c1ccc(Sc2ccccc2)cc1. The predicted molar refractivity (Wildman–Crippen MR) is 104 cm³/mol. The van der Waals surface area contributed by atoms with E-state index in [1.54, 1.807) is 11.8 Å². The first-order valence-electron chi connectivity index (χ1n) is 8.25. The Hall–Kier alpha value is -3.32. The summed E-state index contributed by atoms with van der Waals surface area (Å²) >= 11 is 1.68. The van der Waals surface area contributed by atoms with Crippen molar-refractivity contribution in [3.05, 3.63) is 72.1 Å². The number of nitrogens with zero attached hydrogens (tertiary/aromatic N) is 3. The second-order valence-corrected chi connectivity index (χ2v) is 7.14. The molecule has 134 valence electrons. The topological polar surface area (TPSA) is 93.5 Å². The van der Waals surface area contributed by atoms with E-state index in [1.807, 2.05) is 49.4 Å². The molecular weight excluding hydrogens is 360 g/mol. The lowest BCUT2D eigenvalue weighted by molar-refractivity contribution is 0.0996. The molecule has 0 aliphatic rings. The number of aryl methyl sites for hydroxylation is 1. The molecule has 7 heteroatoms. The molecule has 2 aromatic carbocycles. The van der Waals surface area contributed by atoms with Gasteiger partial charge in [-0.05, 0) is 36.8 Å². The highest BCUT2D eigenvalue weighted by atomic mass is 32.2. The summed E-state index contributed by atoms with van der Waals surface area (Å²) in [5.41, 5.74) is 8.10. The first-order chi connectivity index (χ1) is 13.0. The van der Waals surface area contributed by atoms with E-state index in [-0.39, 0.29) is 11.4 Å². The number of aromatic hydroxyl groups is 1. The number of primary amides is 1. The average Bonchev–Trinajstić information content (AvgIpc) is 3.00. The van der Waals surface area contributed by atoms with Gasteiger partial charge in [-0.15, -0.1) is 0 Å². The van der Waals surface area contributed by atoms with Crippen LogP contribution in [0.4, 0.5) is 0 Å². The number of nitrogens with two attached hydrogens (primary N) is 1. The zero-order valence-electron chi connectivity index (χ0n) is 14.5. The molecule has 0 bridgehead atoms. The van der Waals surface area contributed by atoms with E-state index in [9.17, 15) is 9.90 Å². The van der Waals surface area contributed by atoms with Crippen molar-refractivity contribution in [2.45, 2.75) is 16.7 Å². The van der Waals surface area contributed by atoms with Crippen molar-refractivity contribution in [3.63, 3.8) is 0 Å². The maximum Gasteiger partial charge on any atom is 0.255 e. The fourth-order valence-corrected chi connectivity index (χ4v) is 3.74. The second kappa shape index (κ2) is 6.77. The van der Waals surface area contributed by atoms with Gasteiger partial charge in [-0.3, -0.25) is 4.79 Å². The normalized spacial score (nSPS) is 11.0. The molecular formula is C20H16N4O2S. The maximum absolute atomic E-state index is 11.4. The number of hydrogen-bond donors (Lipinski definition) is 2. The lowest BCUT2D eigenvalue weighted by Gasteiger charge is -2.05. The van der Waals surface area contributed by atoms with Gasteiger partial charge in [0.1, 0.15) is 5.56 Å². The molecule has 2 heterocycles. The molecule has 4 aromatic rings. The molecule has 0 aliphatic carbocycles. The average molecular weight is 376 g/mol. The Morgan fingerprint density at radius 2 is 1.74 bits per heavy atom. The van der Waals surface area contributed by atoms with E-state index in [1.165, 1.54) is 15.6 Å². The smallest absolute Gasteiger partial charge is 0.255 e. The molecule has 0 saturated heterocycles. The first kappa shape index (κ1) is 17.1. The van der Waals surface area contributed by atoms with Crippen molar-refractivity contribution < 1.29 is 9.90 Å². The number of carbonyl (C=O) groups is 1. The van der Waals surface area contributed by atoms with Gasteiger partial charge >= 0.3 is 0 Å². The predicted octanol–water partition coefficient (Wildman–Crippen LogP) is 3.66. The molecule has 3 N–H and O–H groups in total. The van der Waals surface area contributed by atoms with Crippen molar-refractivity contribution in [1.29, 1.82) is 0 Å². The molecule has 0 radical (unpaired) electrons. The summed E-state index contributed by atoms with van der Waals surface area (Å²) in [4.78, 5) is 18.0. The van der Waals surface area contributed by atoms with Gasteiger partial charge in [0.15, 0.2) is 5.65 Å². The van der Waals surface area contributed by atoms with Crippen LogP contribution in [0.5, 0.6) is 5.88 Å². The molecule has 4 rings (SSSR count). The van der Waals surface area contributed by atoms with Crippen LogP contribution >= 0.6 is 11.8 Å². The lowest BCUT2D eigenvalue weighted by Crippen LogP contribution is -2.13.